The van der Waals surface area contributed by atoms with Crippen molar-refractivity contribution in [3.05, 3.63) is 18.6 Å². The third kappa shape index (κ3) is 4.33. The van der Waals surface area contributed by atoms with Gasteiger partial charge in [0.05, 0.1) is 24.7 Å². The Morgan fingerprint density at radius 1 is 1.35 bits per heavy atom. The fourth-order valence-electron chi connectivity index (χ4n) is 3.29. The maximum Gasteiger partial charge on any atom is 0.226 e. The lowest BCUT2D eigenvalue weighted by atomic mass is 9.83. The number of nitrogens with one attached hydrogen (secondary N) is 1. The minimum absolute atomic E-state index is 0.0246. The van der Waals surface area contributed by atoms with Crippen molar-refractivity contribution in [3.63, 3.8) is 0 Å². The molecule has 1 amide bonds. The Balaban J connectivity index is 1.45. The number of fused-ring (bicyclic) bond motifs is 1. The molecular weight excluding hydrogens is 332 g/mol. The van der Waals surface area contributed by atoms with E-state index in [-0.39, 0.29) is 18.1 Å². The van der Waals surface area contributed by atoms with E-state index in [1.54, 1.807) is 6.33 Å². The zero-order valence-electron chi connectivity index (χ0n) is 15.9. The SMILES string of the molecule is CC(=O)N[C@@H](C)COC1CC(COc2ncnc3c2ccn3C(C)C)C1. The first-order valence-electron chi connectivity index (χ1n) is 9.27. The fourth-order valence-corrected chi connectivity index (χ4v) is 3.29. The number of rotatable bonds is 8. The third-order valence-electron chi connectivity index (χ3n) is 4.71. The second kappa shape index (κ2) is 8.03. The van der Waals surface area contributed by atoms with E-state index in [9.17, 15) is 4.79 Å². The van der Waals surface area contributed by atoms with Gasteiger partial charge in [0.25, 0.3) is 0 Å². The molecule has 1 saturated carbocycles. The van der Waals surface area contributed by atoms with Crippen molar-refractivity contribution in [2.45, 2.75) is 58.7 Å². The summed E-state index contributed by atoms with van der Waals surface area (Å²) < 4.78 is 13.9. The number of hydrogen-bond donors (Lipinski definition) is 1. The second-order valence-corrected chi connectivity index (χ2v) is 7.44. The number of aromatic nitrogens is 3. The van der Waals surface area contributed by atoms with Gasteiger partial charge in [0.15, 0.2) is 0 Å². The molecule has 0 radical (unpaired) electrons. The highest BCUT2D eigenvalue weighted by Gasteiger charge is 2.31. The van der Waals surface area contributed by atoms with E-state index >= 15 is 0 Å². The van der Waals surface area contributed by atoms with E-state index in [1.165, 1.54) is 6.92 Å². The molecule has 0 unspecified atom stereocenters. The minimum Gasteiger partial charge on any atom is -0.477 e. The maximum absolute atomic E-state index is 11.0. The van der Waals surface area contributed by atoms with Crippen LogP contribution in [0.4, 0.5) is 0 Å². The summed E-state index contributed by atoms with van der Waals surface area (Å²) in [4.78, 5) is 19.7. The molecule has 1 N–H and O–H groups in total. The molecule has 1 aliphatic carbocycles. The summed E-state index contributed by atoms with van der Waals surface area (Å²) in [7, 11) is 0. The summed E-state index contributed by atoms with van der Waals surface area (Å²) in [6, 6.07) is 2.41. The molecule has 0 bridgehead atoms. The summed E-state index contributed by atoms with van der Waals surface area (Å²) in [6.07, 6.45) is 5.81. The van der Waals surface area contributed by atoms with Gasteiger partial charge in [-0.3, -0.25) is 4.79 Å². The summed E-state index contributed by atoms with van der Waals surface area (Å²) >= 11 is 0. The highest BCUT2D eigenvalue weighted by atomic mass is 16.5. The van der Waals surface area contributed by atoms with Gasteiger partial charge in [0, 0.05) is 25.2 Å². The average Bonchev–Trinajstić information content (AvgIpc) is 2.97. The van der Waals surface area contributed by atoms with Crippen LogP contribution >= 0.6 is 0 Å². The molecule has 1 atom stereocenters. The summed E-state index contributed by atoms with van der Waals surface area (Å²) in [6.45, 7) is 8.91. The van der Waals surface area contributed by atoms with Crippen molar-refractivity contribution >= 4 is 16.9 Å². The number of carbonyl (C=O) groups is 1. The lowest BCUT2D eigenvalue weighted by molar-refractivity contribution is -0.120. The number of carbonyl (C=O) groups excluding carboxylic acids is 1. The van der Waals surface area contributed by atoms with Crippen LogP contribution in [-0.4, -0.2) is 45.8 Å². The minimum atomic E-state index is -0.0246. The Bertz CT molecular complexity index is 752. The molecular formula is C19H28N4O3. The zero-order valence-corrected chi connectivity index (χ0v) is 15.9. The van der Waals surface area contributed by atoms with Crippen molar-refractivity contribution < 1.29 is 14.3 Å². The normalized spacial score (nSPS) is 20.8. The first kappa shape index (κ1) is 18.6. The van der Waals surface area contributed by atoms with Crippen molar-refractivity contribution in [3.8, 4) is 5.88 Å². The largest absolute Gasteiger partial charge is 0.477 e. The molecule has 0 aromatic carbocycles. The van der Waals surface area contributed by atoms with E-state index in [4.69, 9.17) is 9.47 Å². The molecule has 0 aliphatic heterocycles. The molecule has 0 saturated heterocycles. The monoisotopic (exact) mass is 360 g/mol. The van der Waals surface area contributed by atoms with Crippen LogP contribution < -0.4 is 10.1 Å². The molecule has 0 spiro atoms. The Morgan fingerprint density at radius 3 is 2.81 bits per heavy atom. The van der Waals surface area contributed by atoms with Crippen molar-refractivity contribution in [2.75, 3.05) is 13.2 Å². The van der Waals surface area contributed by atoms with Gasteiger partial charge in [0.1, 0.15) is 12.0 Å². The van der Waals surface area contributed by atoms with E-state index in [0.717, 1.165) is 23.9 Å². The Kier molecular flexibility index (Phi) is 5.76. The highest BCUT2D eigenvalue weighted by Crippen LogP contribution is 2.32. The standard InChI is InChI=1S/C19H28N4O3/c1-12(2)23-6-5-17-18(23)20-11-21-19(17)26-10-15-7-16(8-15)25-9-13(3)22-14(4)24/h5-6,11-13,15-16H,7-10H2,1-4H3,(H,22,24)/t13-,15?,16?/m0/s1. The van der Waals surface area contributed by atoms with Crippen LogP contribution in [0.25, 0.3) is 11.0 Å². The van der Waals surface area contributed by atoms with Gasteiger partial charge < -0.3 is 19.4 Å². The van der Waals surface area contributed by atoms with Crippen molar-refractivity contribution in [1.82, 2.24) is 19.9 Å². The predicted octanol–water partition coefficient (Wildman–Crippen LogP) is 2.71. The Labute approximate surface area is 154 Å². The molecule has 2 aromatic rings. The first-order valence-corrected chi connectivity index (χ1v) is 9.27. The molecule has 2 aromatic heterocycles. The second-order valence-electron chi connectivity index (χ2n) is 7.44. The van der Waals surface area contributed by atoms with E-state index in [1.807, 2.05) is 19.2 Å². The van der Waals surface area contributed by atoms with Gasteiger partial charge in [-0.1, -0.05) is 0 Å². The number of ether oxygens (including phenoxy) is 2. The zero-order chi connectivity index (χ0) is 18.7. The quantitative estimate of drug-likeness (QED) is 0.783. The third-order valence-corrected chi connectivity index (χ3v) is 4.71. The Hall–Kier alpha value is -2.15. The Morgan fingerprint density at radius 2 is 2.12 bits per heavy atom. The average molecular weight is 360 g/mol. The molecule has 1 fully saturated rings. The summed E-state index contributed by atoms with van der Waals surface area (Å²) in [5.74, 6) is 1.11. The first-order chi connectivity index (χ1) is 12.4. The summed E-state index contributed by atoms with van der Waals surface area (Å²) in [5.41, 5.74) is 0.909. The van der Waals surface area contributed by atoms with Gasteiger partial charge >= 0.3 is 0 Å². The lowest BCUT2D eigenvalue weighted by Gasteiger charge is -2.35. The van der Waals surface area contributed by atoms with Gasteiger partial charge in [-0.2, -0.15) is 0 Å². The molecule has 7 heteroatoms. The van der Waals surface area contributed by atoms with Crippen LogP contribution in [0.1, 0.15) is 46.6 Å². The molecule has 142 valence electrons. The van der Waals surface area contributed by atoms with Gasteiger partial charge in [-0.25, -0.2) is 9.97 Å². The van der Waals surface area contributed by atoms with Gasteiger partial charge in [-0.15, -0.1) is 0 Å². The number of hydrogen-bond acceptors (Lipinski definition) is 5. The maximum atomic E-state index is 11.0. The molecule has 3 rings (SSSR count). The molecule has 7 nitrogen and oxygen atoms in total. The van der Waals surface area contributed by atoms with E-state index in [0.29, 0.717) is 31.1 Å². The van der Waals surface area contributed by atoms with E-state index < -0.39 is 0 Å². The summed E-state index contributed by atoms with van der Waals surface area (Å²) in [5, 5.41) is 3.78. The van der Waals surface area contributed by atoms with Gasteiger partial charge in [0.2, 0.25) is 11.8 Å². The van der Waals surface area contributed by atoms with Crippen molar-refractivity contribution in [2.24, 2.45) is 5.92 Å². The fraction of sp³-hybridized carbons (Fsp3) is 0.632. The number of amides is 1. The predicted molar refractivity (Wildman–Crippen MR) is 99.2 cm³/mol. The van der Waals surface area contributed by atoms with Crippen LogP contribution in [-0.2, 0) is 9.53 Å². The molecule has 2 heterocycles. The lowest BCUT2D eigenvalue weighted by Crippen LogP contribution is -2.40. The topological polar surface area (TPSA) is 78.3 Å². The van der Waals surface area contributed by atoms with Crippen LogP contribution in [0, 0.1) is 5.92 Å². The smallest absolute Gasteiger partial charge is 0.226 e. The van der Waals surface area contributed by atoms with E-state index in [2.05, 4.69) is 33.7 Å². The van der Waals surface area contributed by atoms with Crippen LogP contribution in [0.5, 0.6) is 5.88 Å². The molecule has 26 heavy (non-hydrogen) atoms. The molecule has 1 aliphatic rings. The number of nitrogens with zero attached hydrogens (tertiary/aromatic N) is 3. The van der Waals surface area contributed by atoms with Crippen LogP contribution in [0.15, 0.2) is 18.6 Å². The van der Waals surface area contributed by atoms with Gasteiger partial charge in [-0.05, 0) is 45.6 Å². The van der Waals surface area contributed by atoms with Crippen LogP contribution in [0.2, 0.25) is 0 Å². The van der Waals surface area contributed by atoms with Crippen LogP contribution in [0.3, 0.4) is 0 Å². The van der Waals surface area contributed by atoms with Crippen molar-refractivity contribution in [1.29, 1.82) is 0 Å². The highest BCUT2D eigenvalue weighted by molar-refractivity contribution is 5.81.